The van der Waals surface area contributed by atoms with Crippen molar-refractivity contribution in [2.75, 3.05) is 0 Å². The lowest BCUT2D eigenvalue weighted by Gasteiger charge is -2.06. The Morgan fingerprint density at radius 2 is 1.89 bits per heavy atom. The lowest BCUT2D eigenvalue weighted by molar-refractivity contribution is 0.0440. The highest BCUT2D eigenvalue weighted by Crippen LogP contribution is 2.16. The largest absolute Gasteiger partial charge is 0.452 e. The lowest BCUT2D eigenvalue weighted by atomic mass is 10.1. The number of benzene rings is 2. The fourth-order valence-electron chi connectivity index (χ4n) is 2.95. The van der Waals surface area contributed by atoms with E-state index >= 15 is 0 Å². The maximum Gasteiger partial charge on any atom is 0.338 e. The quantitative estimate of drug-likeness (QED) is 0.502. The van der Waals surface area contributed by atoms with Crippen LogP contribution in [0.4, 0.5) is 0 Å². The molecule has 0 fully saturated rings. The third-order valence-electron chi connectivity index (χ3n) is 4.29. The molecule has 0 N–H and O–H groups in total. The zero-order chi connectivity index (χ0) is 18.8. The van der Waals surface area contributed by atoms with Gasteiger partial charge in [0.15, 0.2) is 12.2 Å². The van der Waals surface area contributed by atoms with E-state index in [1.54, 1.807) is 12.1 Å². The van der Waals surface area contributed by atoms with E-state index in [0.29, 0.717) is 23.6 Å². The summed E-state index contributed by atoms with van der Waals surface area (Å²) < 4.78 is 12.8. The first-order valence-corrected chi connectivity index (χ1v) is 8.70. The molecule has 0 atom stereocenters. The first-order valence-electron chi connectivity index (χ1n) is 8.70. The van der Waals surface area contributed by atoms with Crippen LogP contribution in [-0.2, 0) is 17.9 Å². The molecule has 0 aliphatic carbocycles. The van der Waals surface area contributed by atoms with E-state index < -0.39 is 5.97 Å². The summed E-state index contributed by atoms with van der Waals surface area (Å²) in [5, 5.41) is 4.45. The van der Waals surface area contributed by atoms with Gasteiger partial charge >= 0.3 is 5.97 Å². The van der Waals surface area contributed by atoms with Crippen molar-refractivity contribution < 1.29 is 13.9 Å². The number of nitrogens with zero attached hydrogens (tertiary/aromatic N) is 3. The summed E-state index contributed by atoms with van der Waals surface area (Å²) in [6.45, 7) is 4.66. The lowest BCUT2D eigenvalue weighted by Crippen LogP contribution is -2.07. The van der Waals surface area contributed by atoms with Gasteiger partial charge in [-0.05, 0) is 49.7 Å². The number of aromatic nitrogens is 3. The van der Waals surface area contributed by atoms with E-state index in [4.69, 9.17) is 9.15 Å². The van der Waals surface area contributed by atoms with Crippen LogP contribution in [0.5, 0.6) is 0 Å². The molecule has 0 unspecified atom stereocenters. The number of carbonyl (C=O) groups is 1. The molecule has 0 aliphatic heterocycles. The van der Waals surface area contributed by atoms with E-state index in [-0.39, 0.29) is 6.61 Å². The Bertz CT molecular complexity index is 1060. The summed E-state index contributed by atoms with van der Waals surface area (Å²) in [6.07, 6.45) is 0. The van der Waals surface area contributed by atoms with Gasteiger partial charge in [0.1, 0.15) is 5.52 Å². The zero-order valence-electron chi connectivity index (χ0n) is 15.2. The third-order valence-corrected chi connectivity index (χ3v) is 4.29. The summed E-state index contributed by atoms with van der Waals surface area (Å²) in [4.78, 5) is 16.5. The van der Waals surface area contributed by atoms with Gasteiger partial charge in [-0.3, -0.25) is 4.68 Å². The maximum atomic E-state index is 12.3. The van der Waals surface area contributed by atoms with Crippen molar-refractivity contribution in [3.8, 4) is 0 Å². The zero-order valence-corrected chi connectivity index (χ0v) is 15.2. The van der Waals surface area contributed by atoms with Crippen LogP contribution >= 0.6 is 0 Å². The predicted octanol–water partition coefficient (Wildman–Crippen LogP) is 4.05. The second-order valence-electron chi connectivity index (χ2n) is 6.43. The molecule has 136 valence electrons. The summed E-state index contributed by atoms with van der Waals surface area (Å²) in [6, 6.07) is 16.8. The van der Waals surface area contributed by atoms with E-state index in [1.807, 2.05) is 61.0 Å². The Balaban J connectivity index is 1.39. The topological polar surface area (TPSA) is 70.2 Å². The Labute approximate surface area is 156 Å². The van der Waals surface area contributed by atoms with Crippen LogP contribution in [0.25, 0.3) is 11.1 Å². The molecule has 2 aromatic carbocycles. The fourth-order valence-corrected chi connectivity index (χ4v) is 2.95. The maximum absolute atomic E-state index is 12.3. The number of esters is 1. The molecule has 4 aromatic rings. The van der Waals surface area contributed by atoms with Crippen molar-refractivity contribution in [1.29, 1.82) is 0 Å². The Morgan fingerprint density at radius 1 is 1.11 bits per heavy atom. The van der Waals surface area contributed by atoms with Gasteiger partial charge in [-0.15, -0.1) is 0 Å². The number of aryl methyl sites for hydroxylation is 2. The van der Waals surface area contributed by atoms with E-state index in [9.17, 15) is 4.79 Å². The highest BCUT2D eigenvalue weighted by molar-refractivity contribution is 5.89. The molecule has 0 amide bonds. The fraction of sp³-hybridized carbons (Fsp3) is 0.190. The standard InChI is InChI=1S/C21H19N3O3/c1-14-11-15(2)24(23-14)12-16-7-9-17(10-8-16)21(25)26-13-20-22-18-5-3-4-6-19(18)27-20/h3-11H,12-13H2,1-2H3. The molecule has 2 aromatic heterocycles. The van der Waals surface area contributed by atoms with Gasteiger partial charge in [0.2, 0.25) is 5.89 Å². The molecule has 0 spiro atoms. The van der Waals surface area contributed by atoms with Crippen molar-refractivity contribution in [3.63, 3.8) is 0 Å². The number of rotatable bonds is 5. The smallest absolute Gasteiger partial charge is 0.338 e. The van der Waals surface area contributed by atoms with Crippen LogP contribution in [-0.4, -0.2) is 20.7 Å². The first-order chi connectivity index (χ1) is 13.1. The SMILES string of the molecule is Cc1cc(C)n(Cc2ccc(C(=O)OCc3nc4ccccc4o3)cc2)n1. The molecule has 2 heterocycles. The molecular weight excluding hydrogens is 342 g/mol. The van der Waals surface area contributed by atoms with Gasteiger partial charge in [0.05, 0.1) is 17.8 Å². The van der Waals surface area contributed by atoms with Crippen LogP contribution in [0, 0.1) is 13.8 Å². The van der Waals surface area contributed by atoms with Crippen LogP contribution in [0.3, 0.4) is 0 Å². The van der Waals surface area contributed by atoms with Crippen molar-refractivity contribution >= 4 is 17.1 Å². The van der Waals surface area contributed by atoms with Crippen LogP contribution in [0.2, 0.25) is 0 Å². The molecule has 0 radical (unpaired) electrons. The van der Waals surface area contributed by atoms with E-state index in [0.717, 1.165) is 22.5 Å². The number of fused-ring (bicyclic) bond motifs is 1. The summed E-state index contributed by atoms with van der Waals surface area (Å²) in [5.41, 5.74) is 5.08. The Kier molecular flexibility index (Phi) is 4.46. The third kappa shape index (κ3) is 3.74. The molecule has 0 saturated heterocycles. The van der Waals surface area contributed by atoms with Crippen molar-refractivity contribution in [2.45, 2.75) is 27.0 Å². The summed E-state index contributed by atoms with van der Waals surface area (Å²) >= 11 is 0. The summed E-state index contributed by atoms with van der Waals surface area (Å²) in [7, 11) is 0. The minimum absolute atomic E-state index is 0.00102. The van der Waals surface area contributed by atoms with Crippen LogP contribution in [0.1, 0.15) is 33.2 Å². The number of para-hydroxylation sites is 2. The molecular formula is C21H19N3O3. The van der Waals surface area contributed by atoms with Gasteiger partial charge < -0.3 is 9.15 Å². The van der Waals surface area contributed by atoms with E-state index in [1.165, 1.54) is 0 Å². The van der Waals surface area contributed by atoms with Gasteiger partial charge in [-0.25, -0.2) is 9.78 Å². The number of ether oxygens (including phenoxy) is 1. The molecule has 27 heavy (non-hydrogen) atoms. The summed E-state index contributed by atoms with van der Waals surface area (Å²) in [5.74, 6) is -0.0272. The first kappa shape index (κ1) is 17.0. The van der Waals surface area contributed by atoms with Crippen LogP contribution in [0.15, 0.2) is 59.0 Å². The average Bonchev–Trinajstić information content (AvgIpc) is 3.22. The molecule has 0 bridgehead atoms. The number of carbonyl (C=O) groups excluding carboxylic acids is 1. The molecule has 0 aliphatic rings. The highest BCUT2D eigenvalue weighted by Gasteiger charge is 2.11. The van der Waals surface area contributed by atoms with Gasteiger partial charge in [-0.1, -0.05) is 24.3 Å². The normalized spacial score (nSPS) is 11.0. The van der Waals surface area contributed by atoms with E-state index in [2.05, 4.69) is 10.1 Å². The average molecular weight is 361 g/mol. The molecule has 6 nitrogen and oxygen atoms in total. The molecule has 6 heteroatoms. The molecule has 4 rings (SSSR count). The van der Waals surface area contributed by atoms with Gasteiger partial charge in [0, 0.05) is 5.69 Å². The second kappa shape index (κ2) is 7.07. The van der Waals surface area contributed by atoms with Crippen LogP contribution < -0.4 is 0 Å². The number of oxazole rings is 1. The number of hydrogen-bond acceptors (Lipinski definition) is 5. The minimum atomic E-state index is -0.407. The van der Waals surface area contributed by atoms with Crippen molar-refractivity contribution in [2.24, 2.45) is 0 Å². The second-order valence-corrected chi connectivity index (χ2v) is 6.43. The van der Waals surface area contributed by atoms with Crippen molar-refractivity contribution in [1.82, 2.24) is 14.8 Å². The Morgan fingerprint density at radius 3 is 2.59 bits per heavy atom. The number of hydrogen-bond donors (Lipinski definition) is 0. The highest BCUT2D eigenvalue weighted by atomic mass is 16.5. The minimum Gasteiger partial charge on any atom is -0.452 e. The molecule has 0 saturated carbocycles. The monoisotopic (exact) mass is 361 g/mol. The van der Waals surface area contributed by atoms with Gasteiger partial charge in [-0.2, -0.15) is 5.10 Å². The Hall–Kier alpha value is -3.41. The predicted molar refractivity (Wildman–Crippen MR) is 100 cm³/mol. The van der Waals surface area contributed by atoms with Gasteiger partial charge in [0.25, 0.3) is 0 Å². The van der Waals surface area contributed by atoms with Crippen molar-refractivity contribution in [3.05, 3.63) is 83.0 Å².